The van der Waals surface area contributed by atoms with Gasteiger partial charge in [-0.25, -0.2) is 9.97 Å². The van der Waals surface area contributed by atoms with Crippen molar-refractivity contribution >= 4 is 40.3 Å². The maximum Gasteiger partial charge on any atom is 0.159 e. The highest BCUT2D eigenvalue weighted by atomic mass is 35.5. The van der Waals surface area contributed by atoms with E-state index < -0.39 is 0 Å². The summed E-state index contributed by atoms with van der Waals surface area (Å²) >= 11 is 6.03. The Morgan fingerprint density at radius 3 is 2.20 bits per heavy atom. The molecule has 3 aromatic carbocycles. The molecule has 0 amide bonds. The van der Waals surface area contributed by atoms with Crippen molar-refractivity contribution in [3.05, 3.63) is 89.7 Å². The predicted molar refractivity (Wildman–Crippen MR) is 122 cm³/mol. The van der Waals surface area contributed by atoms with Crippen LogP contribution in [0.4, 0.5) is 28.7 Å². The molecule has 0 aliphatic rings. The second kappa shape index (κ2) is 8.71. The number of aryl methyl sites for hydroxylation is 1. The lowest BCUT2D eigenvalue weighted by molar-refractivity contribution is 0.483. The minimum absolute atomic E-state index is 0.413. The minimum Gasteiger partial charge on any atom is -0.457 e. The predicted octanol–water partition coefficient (Wildman–Crippen LogP) is 6.30. The Labute approximate surface area is 179 Å². The number of rotatable bonds is 6. The fourth-order valence-electron chi connectivity index (χ4n) is 2.86. The van der Waals surface area contributed by atoms with Crippen molar-refractivity contribution in [1.29, 1.82) is 0 Å². The maximum atomic E-state index is 6.29. The van der Waals surface area contributed by atoms with Crippen molar-refractivity contribution in [3.8, 4) is 11.5 Å². The monoisotopic (exact) mass is 417 g/mol. The molecule has 0 unspecified atom stereocenters. The molecule has 1 aromatic heterocycles. The van der Waals surface area contributed by atoms with E-state index in [-0.39, 0.29) is 0 Å². The van der Waals surface area contributed by atoms with Crippen molar-refractivity contribution in [2.45, 2.75) is 6.92 Å². The number of anilines is 5. The topological polar surface area (TPSA) is 85.1 Å². The number of ether oxygens (including phenoxy) is 1. The van der Waals surface area contributed by atoms with Crippen LogP contribution in [-0.4, -0.2) is 9.97 Å². The Morgan fingerprint density at radius 2 is 1.50 bits per heavy atom. The van der Waals surface area contributed by atoms with Crippen molar-refractivity contribution in [3.63, 3.8) is 0 Å². The van der Waals surface area contributed by atoms with Gasteiger partial charge in [-0.2, -0.15) is 0 Å². The largest absolute Gasteiger partial charge is 0.457 e. The second-order valence-corrected chi connectivity index (χ2v) is 7.07. The van der Waals surface area contributed by atoms with Crippen molar-refractivity contribution in [2.24, 2.45) is 0 Å². The summed E-state index contributed by atoms with van der Waals surface area (Å²) in [5.74, 6) is 2.55. The number of hydrogen-bond donors (Lipinski definition) is 3. The van der Waals surface area contributed by atoms with Gasteiger partial charge >= 0.3 is 0 Å². The number of nitrogen functional groups attached to an aromatic ring is 1. The molecule has 0 atom stereocenters. The maximum absolute atomic E-state index is 6.29. The second-order valence-electron chi connectivity index (χ2n) is 6.63. The van der Waals surface area contributed by atoms with Gasteiger partial charge in [-0.05, 0) is 67.1 Å². The highest BCUT2D eigenvalue weighted by molar-refractivity contribution is 6.30. The normalized spacial score (nSPS) is 10.5. The molecule has 0 fully saturated rings. The molecule has 7 heteroatoms. The fraction of sp³-hybridized carbons (Fsp3) is 0.0435. The number of nitrogens with one attached hydrogen (secondary N) is 2. The molecule has 6 nitrogen and oxygen atoms in total. The van der Waals surface area contributed by atoms with E-state index in [1.165, 1.54) is 6.33 Å². The van der Waals surface area contributed by atoms with Crippen LogP contribution in [0, 0.1) is 6.92 Å². The van der Waals surface area contributed by atoms with Crippen LogP contribution < -0.4 is 21.1 Å². The Kier molecular flexibility index (Phi) is 5.68. The lowest BCUT2D eigenvalue weighted by Crippen LogP contribution is -2.05. The van der Waals surface area contributed by atoms with E-state index in [0.29, 0.717) is 22.3 Å². The Balaban J connectivity index is 1.49. The van der Waals surface area contributed by atoms with Crippen LogP contribution >= 0.6 is 11.6 Å². The molecule has 0 saturated carbocycles. The molecule has 0 saturated heterocycles. The third-order valence-corrected chi connectivity index (χ3v) is 4.66. The van der Waals surface area contributed by atoms with E-state index in [0.717, 1.165) is 28.4 Å². The van der Waals surface area contributed by atoms with Crippen molar-refractivity contribution in [2.75, 3.05) is 16.4 Å². The van der Waals surface area contributed by atoms with Crippen LogP contribution in [0.3, 0.4) is 0 Å². The molecule has 0 spiro atoms. The first-order valence-electron chi connectivity index (χ1n) is 9.32. The summed E-state index contributed by atoms with van der Waals surface area (Å²) in [5.41, 5.74) is 9.40. The third kappa shape index (κ3) is 4.61. The standard InChI is InChI=1S/C23H20ClN5O/c1-15-13-16(24)7-12-20(15)29-23-21(25)22(26-14-27-23)28-17-8-10-19(11-9-17)30-18-5-3-2-4-6-18/h2-14H,25H2,1H3,(H2,26,27,28,29). The van der Waals surface area contributed by atoms with Gasteiger partial charge in [0.1, 0.15) is 23.5 Å². The molecule has 0 aliphatic heterocycles. The first-order valence-corrected chi connectivity index (χ1v) is 9.70. The molecule has 150 valence electrons. The fourth-order valence-corrected chi connectivity index (χ4v) is 3.08. The summed E-state index contributed by atoms with van der Waals surface area (Å²) in [6.45, 7) is 1.96. The van der Waals surface area contributed by atoms with Crippen LogP contribution in [0.1, 0.15) is 5.56 Å². The van der Waals surface area contributed by atoms with Gasteiger partial charge in [0.2, 0.25) is 0 Å². The summed E-state index contributed by atoms with van der Waals surface area (Å²) in [7, 11) is 0. The average Bonchev–Trinajstić information content (AvgIpc) is 2.75. The van der Waals surface area contributed by atoms with Gasteiger partial charge in [-0.3, -0.25) is 0 Å². The zero-order valence-electron chi connectivity index (χ0n) is 16.3. The van der Waals surface area contributed by atoms with E-state index in [1.807, 2.05) is 79.7 Å². The average molecular weight is 418 g/mol. The third-order valence-electron chi connectivity index (χ3n) is 4.42. The number of nitrogens with zero attached hydrogens (tertiary/aromatic N) is 2. The van der Waals surface area contributed by atoms with Crippen molar-refractivity contribution in [1.82, 2.24) is 9.97 Å². The van der Waals surface area contributed by atoms with Gasteiger partial charge < -0.3 is 21.1 Å². The summed E-state index contributed by atoms with van der Waals surface area (Å²) < 4.78 is 5.81. The molecule has 0 bridgehead atoms. The van der Waals surface area contributed by atoms with Crippen LogP contribution in [-0.2, 0) is 0 Å². The first-order chi connectivity index (χ1) is 14.6. The van der Waals surface area contributed by atoms with Crippen LogP contribution in [0.5, 0.6) is 11.5 Å². The van der Waals surface area contributed by atoms with E-state index in [2.05, 4.69) is 20.6 Å². The zero-order chi connectivity index (χ0) is 20.9. The van der Waals surface area contributed by atoms with Gasteiger partial charge in [0, 0.05) is 16.4 Å². The van der Waals surface area contributed by atoms with E-state index >= 15 is 0 Å². The Hall–Kier alpha value is -3.77. The summed E-state index contributed by atoms with van der Waals surface area (Å²) in [6, 6.07) is 22.8. The van der Waals surface area contributed by atoms with Crippen LogP contribution in [0.2, 0.25) is 5.02 Å². The molecule has 4 aromatic rings. The minimum atomic E-state index is 0.413. The Morgan fingerprint density at radius 1 is 0.833 bits per heavy atom. The number of benzene rings is 3. The molecule has 4 rings (SSSR count). The lowest BCUT2D eigenvalue weighted by atomic mass is 10.2. The Bertz CT molecular complexity index is 1150. The molecule has 30 heavy (non-hydrogen) atoms. The van der Waals surface area contributed by atoms with Gasteiger partial charge in [0.05, 0.1) is 0 Å². The lowest BCUT2D eigenvalue weighted by Gasteiger charge is -2.14. The number of aromatic nitrogens is 2. The van der Waals surface area contributed by atoms with Crippen molar-refractivity contribution < 1.29 is 4.74 Å². The molecular formula is C23H20ClN5O. The molecule has 0 aliphatic carbocycles. The molecule has 0 radical (unpaired) electrons. The van der Waals surface area contributed by atoms with E-state index in [9.17, 15) is 0 Å². The number of hydrogen-bond acceptors (Lipinski definition) is 6. The van der Waals surface area contributed by atoms with Crippen LogP contribution in [0.15, 0.2) is 79.1 Å². The number of para-hydroxylation sites is 1. The van der Waals surface area contributed by atoms with Gasteiger partial charge in [-0.15, -0.1) is 0 Å². The quantitative estimate of drug-likeness (QED) is 0.341. The summed E-state index contributed by atoms with van der Waals surface area (Å²) in [6.07, 6.45) is 1.46. The smallest absolute Gasteiger partial charge is 0.159 e. The SMILES string of the molecule is Cc1cc(Cl)ccc1Nc1ncnc(Nc2ccc(Oc3ccccc3)cc2)c1N. The highest BCUT2D eigenvalue weighted by Gasteiger charge is 2.10. The summed E-state index contributed by atoms with van der Waals surface area (Å²) in [5, 5.41) is 7.13. The summed E-state index contributed by atoms with van der Waals surface area (Å²) in [4.78, 5) is 8.52. The van der Waals surface area contributed by atoms with E-state index in [4.69, 9.17) is 22.1 Å². The van der Waals surface area contributed by atoms with Gasteiger partial charge in [-0.1, -0.05) is 29.8 Å². The molecule has 4 N–H and O–H groups in total. The molecular weight excluding hydrogens is 398 g/mol. The zero-order valence-corrected chi connectivity index (χ0v) is 17.0. The van der Waals surface area contributed by atoms with Crippen LogP contribution in [0.25, 0.3) is 0 Å². The van der Waals surface area contributed by atoms with Gasteiger partial charge in [0.15, 0.2) is 11.6 Å². The number of halogens is 1. The number of nitrogens with two attached hydrogens (primary N) is 1. The van der Waals surface area contributed by atoms with E-state index in [1.54, 1.807) is 0 Å². The highest BCUT2D eigenvalue weighted by Crippen LogP contribution is 2.31. The van der Waals surface area contributed by atoms with Gasteiger partial charge in [0.25, 0.3) is 0 Å². The first kappa shape index (κ1) is 19.5. The molecule has 1 heterocycles.